The van der Waals surface area contributed by atoms with Crippen molar-refractivity contribution < 1.29 is 0 Å². The van der Waals surface area contributed by atoms with Crippen molar-refractivity contribution in [3.05, 3.63) is 36.4 Å². The van der Waals surface area contributed by atoms with Crippen LogP contribution in [0.1, 0.15) is 39.2 Å². The highest BCUT2D eigenvalue weighted by Gasteiger charge is 2.43. The molecule has 0 spiro atoms. The Balaban J connectivity index is 2.47. The van der Waals surface area contributed by atoms with Crippen LogP contribution in [-0.4, -0.2) is 30.4 Å². The maximum atomic E-state index is 4.30. The maximum Gasteiger partial charge on any atom is 0.157 e. The lowest BCUT2D eigenvalue weighted by atomic mass is 9.65. The summed E-state index contributed by atoms with van der Waals surface area (Å²) in [5.41, 5.74) is 0.249. The smallest absolute Gasteiger partial charge is 0.157 e. The molecule has 0 aliphatic heterocycles. The van der Waals surface area contributed by atoms with E-state index in [4.69, 9.17) is 0 Å². The number of nitrogens with zero attached hydrogens (tertiary/aromatic N) is 6. The van der Waals surface area contributed by atoms with E-state index in [0.29, 0.717) is 5.82 Å². The van der Waals surface area contributed by atoms with E-state index in [9.17, 15) is 0 Å². The Morgan fingerprint density at radius 1 is 0.833 bits per heavy atom. The Hall–Kier alpha value is -1.98. The fraction of sp³-hybridized carbons (Fsp3) is 0.500. The molecule has 0 atom stereocenters. The molecule has 0 bridgehead atoms. The fourth-order valence-corrected chi connectivity index (χ4v) is 1.70. The van der Waals surface area contributed by atoms with Gasteiger partial charge in [0.25, 0.3) is 0 Å². The second-order valence-corrected chi connectivity index (χ2v) is 5.21. The van der Waals surface area contributed by atoms with Crippen molar-refractivity contribution >= 4 is 0 Å². The minimum Gasteiger partial charge on any atom is -0.237 e. The SMILES string of the molecule is CC(C)(c1cnncn1)C(C)(C)c1nccnn1. The van der Waals surface area contributed by atoms with Crippen LogP contribution in [0.3, 0.4) is 0 Å². The Morgan fingerprint density at radius 2 is 1.61 bits per heavy atom. The van der Waals surface area contributed by atoms with Gasteiger partial charge in [-0.2, -0.15) is 10.2 Å². The van der Waals surface area contributed by atoms with Crippen molar-refractivity contribution in [1.29, 1.82) is 0 Å². The molecule has 0 aliphatic carbocycles. The first-order valence-electron chi connectivity index (χ1n) is 5.73. The zero-order valence-corrected chi connectivity index (χ0v) is 11.0. The van der Waals surface area contributed by atoms with E-state index in [1.54, 1.807) is 18.6 Å². The quantitative estimate of drug-likeness (QED) is 0.810. The van der Waals surface area contributed by atoms with Gasteiger partial charge in [-0.15, -0.1) is 10.2 Å². The van der Waals surface area contributed by atoms with Gasteiger partial charge in [-0.3, -0.25) is 0 Å². The largest absolute Gasteiger partial charge is 0.237 e. The monoisotopic (exact) mass is 244 g/mol. The van der Waals surface area contributed by atoms with E-state index in [2.05, 4.69) is 58.1 Å². The molecule has 94 valence electrons. The molecule has 0 aliphatic rings. The van der Waals surface area contributed by atoms with Crippen LogP contribution in [0.25, 0.3) is 0 Å². The number of hydrogen-bond acceptors (Lipinski definition) is 6. The summed E-state index contributed by atoms with van der Waals surface area (Å²) in [4.78, 5) is 8.60. The Morgan fingerprint density at radius 3 is 2.17 bits per heavy atom. The van der Waals surface area contributed by atoms with Gasteiger partial charge in [0.1, 0.15) is 6.33 Å². The molecule has 0 saturated heterocycles. The van der Waals surface area contributed by atoms with E-state index in [1.807, 2.05) is 0 Å². The zero-order valence-electron chi connectivity index (χ0n) is 11.0. The highest BCUT2D eigenvalue weighted by molar-refractivity contribution is 5.23. The summed E-state index contributed by atoms with van der Waals surface area (Å²) < 4.78 is 0. The van der Waals surface area contributed by atoms with Gasteiger partial charge < -0.3 is 0 Å². The Bertz CT molecular complexity index is 459. The predicted octanol–water partition coefficient (Wildman–Crippen LogP) is 1.31. The van der Waals surface area contributed by atoms with Gasteiger partial charge in [0, 0.05) is 17.0 Å². The molecule has 6 nitrogen and oxygen atoms in total. The lowest BCUT2D eigenvalue weighted by molar-refractivity contribution is 0.276. The van der Waals surface area contributed by atoms with Crippen molar-refractivity contribution in [3.63, 3.8) is 0 Å². The van der Waals surface area contributed by atoms with Crippen molar-refractivity contribution in [2.24, 2.45) is 0 Å². The van der Waals surface area contributed by atoms with Crippen LogP contribution in [-0.2, 0) is 10.8 Å². The molecule has 0 N–H and O–H groups in total. The summed E-state index contributed by atoms with van der Waals surface area (Å²) in [6.07, 6.45) is 6.35. The lowest BCUT2D eigenvalue weighted by Crippen LogP contribution is -2.42. The average Bonchev–Trinajstić information content (AvgIpc) is 2.40. The molecule has 0 unspecified atom stereocenters. The normalized spacial score (nSPS) is 12.4. The van der Waals surface area contributed by atoms with E-state index >= 15 is 0 Å². The summed E-state index contributed by atoms with van der Waals surface area (Å²) in [6.45, 7) is 8.33. The minimum absolute atomic E-state index is 0.286. The van der Waals surface area contributed by atoms with Crippen LogP contribution in [0.5, 0.6) is 0 Å². The summed E-state index contributed by atoms with van der Waals surface area (Å²) in [7, 11) is 0. The summed E-state index contributed by atoms with van der Waals surface area (Å²) in [6, 6.07) is 0. The van der Waals surface area contributed by atoms with Crippen molar-refractivity contribution in [2.75, 3.05) is 0 Å². The van der Waals surface area contributed by atoms with Gasteiger partial charge in [-0.25, -0.2) is 9.97 Å². The van der Waals surface area contributed by atoms with E-state index in [-0.39, 0.29) is 10.8 Å². The van der Waals surface area contributed by atoms with E-state index in [1.165, 1.54) is 6.33 Å². The number of aromatic nitrogens is 6. The summed E-state index contributed by atoms with van der Waals surface area (Å²) >= 11 is 0. The second-order valence-electron chi connectivity index (χ2n) is 5.21. The second kappa shape index (κ2) is 4.36. The number of rotatable bonds is 3. The van der Waals surface area contributed by atoms with Crippen LogP contribution >= 0.6 is 0 Å². The van der Waals surface area contributed by atoms with Gasteiger partial charge in [-0.1, -0.05) is 27.7 Å². The van der Waals surface area contributed by atoms with Crippen molar-refractivity contribution in [3.8, 4) is 0 Å². The molecule has 2 aromatic rings. The minimum atomic E-state index is -0.322. The van der Waals surface area contributed by atoms with Gasteiger partial charge in [0.2, 0.25) is 0 Å². The standard InChI is InChI=1S/C12H16N6/c1-11(2,9-7-16-17-8-14-9)12(3,4)10-13-5-6-15-18-10/h5-8H,1-4H3. The highest BCUT2D eigenvalue weighted by atomic mass is 15.2. The fourth-order valence-electron chi connectivity index (χ4n) is 1.70. The number of hydrogen-bond donors (Lipinski definition) is 0. The molecule has 0 radical (unpaired) electrons. The molecular formula is C12H16N6. The topological polar surface area (TPSA) is 77.3 Å². The first-order valence-corrected chi connectivity index (χ1v) is 5.73. The van der Waals surface area contributed by atoms with Gasteiger partial charge >= 0.3 is 0 Å². The van der Waals surface area contributed by atoms with Crippen LogP contribution in [0.15, 0.2) is 24.9 Å². The molecule has 2 heterocycles. The predicted molar refractivity (Wildman–Crippen MR) is 65.7 cm³/mol. The van der Waals surface area contributed by atoms with Crippen LogP contribution < -0.4 is 0 Å². The molecule has 0 aromatic carbocycles. The van der Waals surface area contributed by atoms with Crippen LogP contribution in [0.4, 0.5) is 0 Å². The molecule has 0 fully saturated rings. The van der Waals surface area contributed by atoms with Crippen molar-refractivity contribution in [1.82, 2.24) is 30.4 Å². The third kappa shape index (κ3) is 1.94. The van der Waals surface area contributed by atoms with Crippen LogP contribution in [0.2, 0.25) is 0 Å². The van der Waals surface area contributed by atoms with Crippen molar-refractivity contribution in [2.45, 2.75) is 38.5 Å². The maximum absolute atomic E-state index is 4.30. The van der Waals surface area contributed by atoms with E-state index < -0.39 is 0 Å². The Labute approximate surface area is 106 Å². The summed E-state index contributed by atoms with van der Waals surface area (Å²) in [5, 5.41) is 15.6. The summed E-state index contributed by atoms with van der Waals surface area (Å²) in [5.74, 6) is 0.689. The third-order valence-electron chi connectivity index (χ3n) is 3.74. The molecule has 6 heteroatoms. The molecule has 2 aromatic heterocycles. The van der Waals surface area contributed by atoms with Gasteiger partial charge in [0.05, 0.1) is 18.1 Å². The first kappa shape index (κ1) is 12.5. The van der Waals surface area contributed by atoms with E-state index in [0.717, 1.165) is 5.69 Å². The Kier molecular flexibility index (Phi) is 3.02. The van der Waals surface area contributed by atoms with Gasteiger partial charge in [-0.05, 0) is 0 Å². The first-order chi connectivity index (χ1) is 8.46. The molecular weight excluding hydrogens is 228 g/mol. The molecule has 0 amide bonds. The third-order valence-corrected chi connectivity index (χ3v) is 3.74. The lowest BCUT2D eigenvalue weighted by Gasteiger charge is -2.39. The molecule has 18 heavy (non-hydrogen) atoms. The van der Waals surface area contributed by atoms with Crippen LogP contribution in [0, 0.1) is 0 Å². The van der Waals surface area contributed by atoms with Gasteiger partial charge in [0.15, 0.2) is 5.82 Å². The zero-order chi connectivity index (χ0) is 13.2. The highest BCUT2D eigenvalue weighted by Crippen LogP contribution is 2.40. The molecule has 2 rings (SSSR count). The average molecular weight is 244 g/mol. The molecule has 0 saturated carbocycles.